The number of rotatable bonds is 7. The maximum atomic E-state index is 12.9. The van der Waals surface area contributed by atoms with Crippen molar-refractivity contribution in [2.75, 3.05) is 11.9 Å². The lowest BCUT2D eigenvalue weighted by Gasteiger charge is -2.15. The van der Waals surface area contributed by atoms with Crippen LogP contribution in [0, 0.1) is 5.82 Å². The molecule has 5 nitrogen and oxygen atoms in total. The van der Waals surface area contributed by atoms with Crippen molar-refractivity contribution in [3.05, 3.63) is 42.7 Å². The van der Waals surface area contributed by atoms with Crippen LogP contribution in [-0.4, -0.2) is 24.5 Å². The summed E-state index contributed by atoms with van der Waals surface area (Å²) < 4.78 is 12.9. The minimum atomic E-state index is -1.32. The van der Waals surface area contributed by atoms with E-state index < -0.39 is 23.7 Å². The maximum absolute atomic E-state index is 12.9. The molecular weight excluding hydrogens is 251 g/mol. The Bertz CT molecular complexity index is 477. The largest absolute Gasteiger partial charge is 0.544 e. The van der Waals surface area contributed by atoms with E-state index >= 15 is 0 Å². The monoisotopic (exact) mass is 266 g/mol. The number of carboxylic acids is 1. The highest BCUT2D eigenvalue weighted by Gasteiger charge is 2.17. The quantitative estimate of drug-likeness (QED) is 0.622. The van der Waals surface area contributed by atoms with Crippen LogP contribution in [0.3, 0.4) is 0 Å². The summed E-state index contributed by atoms with van der Waals surface area (Å²) in [6.07, 6.45) is 1.27. The number of carbonyl (C=O) groups is 2. The van der Waals surface area contributed by atoms with E-state index in [0.29, 0.717) is 6.54 Å². The van der Waals surface area contributed by atoms with E-state index in [9.17, 15) is 19.1 Å². The molecule has 0 saturated heterocycles. The molecule has 3 N–H and O–H groups in total. The van der Waals surface area contributed by atoms with E-state index in [4.69, 9.17) is 0 Å². The predicted octanol–water partition coefficient (Wildman–Crippen LogP) is -0.978. The van der Waals surface area contributed by atoms with Crippen molar-refractivity contribution in [1.82, 2.24) is 0 Å². The van der Waals surface area contributed by atoms with Gasteiger partial charge in [-0.15, -0.1) is 0 Å². The van der Waals surface area contributed by atoms with Crippen LogP contribution in [0.25, 0.3) is 0 Å². The molecular formula is C13H15FN2O3. The molecule has 1 aromatic rings. The summed E-state index contributed by atoms with van der Waals surface area (Å²) in [7, 11) is 0. The first-order chi connectivity index (χ1) is 9.02. The zero-order chi connectivity index (χ0) is 14.3. The number of benzene rings is 1. The third kappa shape index (κ3) is 5.31. The normalized spacial score (nSPS) is 11.6. The molecule has 1 atom stereocenters. The maximum Gasteiger partial charge on any atom is 0.230 e. The summed E-state index contributed by atoms with van der Waals surface area (Å²) in [5, 5.41) is 14.7. The van der Waals surface area contributed by atoms with Crippen LogP contribution in [0.15, 0.2) is 36.9 Å². The van der Waals surface area contributed by atoms with Crippen molar-refractivity contribution in [3.63, 3.8) is 0 Å². The van der Waals surface area contributed by atoms with Gasteiger partial charge in [0.2, 0.25) is 5.91 Å². The highest BCUT2D eigenvalue weighted by atomic mass is 19.1. The Morgan fingerprint density at radius 2 is 2.26 bits per heavy atom. The lowest BCUT2D eigenvalue weighted by Crippen LogP contribution is -2.93. The third-order valence-electron chi connectivity index (χ3n) is 2.40. The molecule has 0 aliphatic heterocycles. The van der Waals surface area contributed by atoms with Gasteiger partial charge < -0.3 is 20.5 Å². The van der Waals surface area contributed by atoms with Crippen molar-refractivity contribution in [3.8, 4) is 0 Å². The number of hydrogen-bond donors (Lipinski definition) is 2. The molecule has 0 saturated carbocycles. The number of halogens is 1. The first-order valence-electron chi connectivity index (χ1n) is 5.73. The molecule has 0 radical (unpaired) electrons. The zero-order valence-electron chi connectivity index (χ0n) is 10.3. The Labute approximate surface area is 110 Å². The van der Waals surface area contributed by atoms with E-state index in [2.05, 4.69) is 11.9 Å². The lowest BCUT2D eigenvalue weighted by atomic mass is 10.2. The number of anilines is 1. The smallest absolute Gasteiger partial charge is 0.230 e. The molecule has 0 spiro atoms. The number of nitrogens with one attached hydrogen (secondary N) is 1. The van der Waals surface area contributed by atoms with Crippen molar-refractivity contribution >= 4 is 17.6 Å². The number of carbonyl (C=O) groups excluding carboxylic acids is 2. The van der Waals surface area contributed by atoms with Crippen molar-refractivity contribution < 1.29 is 24.4 Å². The molecule has 0 aliphatic carbocycles. The minimum Gasteiger partial charge on any atom is -0.544 e. The first kappa shape index (κ1) is 14.8. The fourth-order valence-corrected chi connectivity index (χ4v) is 1.50. The zero-order valence-corrected chi connectivity index (χ0v) is 10.3. The molecule has 1 aromatic carbocycles. The topological polar surface area (TPSA) is 85.8 Å². The Morgan fingerprint density at radius 1 is 1.53 bits per heavy atom. The summed E-state index contributed by atoms with van der Waals surface area (Å²) >= 11 is 0. The Kier molecular flexibility index (Phi) is 5.69. The number of nitrogens with two attached hydrogens (primary N) is 1. The molecule has 6 heteroatoms. The Balaban J connectivity index is 2.57. The van der Waals surface area contributed by atoms with Gasteiger partial charge >= 0.3 is 0 Å². The lowest BCUT2D eigenvalue weighted by molar-refractivity contribution is -0.674. The van der Waals surface area contributed by atoms with Gasteiger partial charge in [-0.05, 0) is 24.3 Å². The van der Waals surface area contributed by atoms with Crippen LogP contribution in [-0.2, 0) is 9.59 Å². The van der Waals surface area contributed by atoms with E-state index in [1.165, 1.54) is 29.6 Å². The highest BCUT2D eigenvalue weighted by Crippen LogP contribution is 2.09. The second-order valence-corrected chi connectivity index (χ2v) is 3.95. The standard InChI is InChI=1S/C13H15FN2O3/c1-2-6-15-11(13(18)19)8-12(17)16-10-5-3-4-9(14)7-10/h2-5,7,11,15H,1,6,8H2,(H,16,17)(H,18,19)/t11-/m0/s1. The molecule has 1 rings (SSSR count). The number of amides is 1. The minimum absolute atomic E-state index is 0.257. The summed E-state index contributed by atoms with van der Waals surface area (Å²) in [5.41, 5.74) is 0.283. The van der Waals surface area contributed by atoms with E-state index in [-0.39, 0.29) is 12.1 Å². The van der Waals surface area contributed by atoms with Crippen LogP contribution < -0.4 is 15.7 Å². The summed E-state index contributed by atoms with van der Waals surface area (Å²) in [5.74, 6) is -2.32. The second kappa shape index (κ2) is 7.27. The predicted molar refractivity (Wildman–Crippen MR) is 65.4 cm³/mol. The summed E-state index contributed by atoms with van der Waals surface area (Å²) in [6.45, 7) is 3.83. The van der Waals surface area contributed by atoms with Gasteiger partial charge in [-0.1, -0.05) is 12.6 Å². The second-order valence-electron chi connectivity index (χ2n) is 3.95. The van der Waals surface area contributed by atoms with Gasteiger partial charge in [0.05, 0.1) is 18.9 Å². The fourth-order valence-electron chi connectivity index (χ4n) is 1.50. The van der Waals surface area contributed by atoms with Gasteiger partial charge in [-0.2, -0.15) is 0 Å². The van der Waals surface area contributed by atoms with Crippen molar-refractivity contribution in [2.45, 2.75) is 12.5 Å². The SMILES string of the molecule is C=CC[NH2+][C@@H](CC(=O)Nc1cccc(F)c1)C(=O)[O-]. The van der Waals surface area contributed by atoms with Gasteiger partial charge in [0.25, 0.3) is 0 Å². The van der Waals surface area contributed by atoms with Gasteiger partial charge in [-0.25, -0.2) is 4.39 Å². The average Bonchev–Trinajstić information content (AvgIpc) is 2.34. The average molecular weight is 266 g/mol. The molecule has 102 valence electrons. The molecule has 0 unspecified atom stereocenters. The van der Waals surface area contributed by atoms with Crippen LogP contribution >= 0.6 is 0 Å². The highest BCUT2D eigenvalue weighted by molar-refractivity contribution is 5.93. The van der Waals surface area contributed by atoms with Crippen molar-refractivity contribution in [2.24, 2.45) is 0 Å². The summed E-state index contributed by atoms with van der Waals surface area (Å²) in [6, 6.07) is 4.37. The van der Waals surface area contributed by atoms with Gasteiger partial charge in [0.1, 0.15) is 11.9 Å². The number of aliphatic carboxylic acids is 1. The Hall–Kier alpha value is -2.21. The molecule has 0 fully saturated rings. The van der Waals surface area contributed by atoms with Gasteiger partial charge in [0, 0.05) is 5.69 Å². The molecule has 0 heterocycles. The summed E-state index contributed by atoms with van der Waals surface area (Å²) in [4.78, 5) is 22.5. The number of hydrogen-bond acceptors (Lipinski definition) is 3. The molecule has 0 bridgehead atoms. The van der Waals surface area contributed by atoms with Crippen molar-refractivity contribution in [1.29, 1.82) is 0 Å². The van der Waals surface area contributed by atoms with Gasteiger partial charge in [-0.3, -0.25) is 4.79 Å². The first-order valence-corrected chi connectivity index (χ1v) is 5.73. The molecule has 0 aliphatic rings. The van der Waals surface area contributed by atoms with E-state index in [1.807, 2.05) is 0 Å². The van der Waals surface area contributed by atoms with Crippen LogP contribution in [0.1, 0.15) is 6.42 Å². The van der Waals surface area contributed by atoms with E-state index in [0.717, 1.165) is 6.07 Å². The van der Waals surface area contributed by atoms with Crippen LogP contribution in [0.5, 0.6) is 0 Å². The van der Waals surface area contributed by atoms with Gasteiger partial charge in [0.15, 0.2) is 0 Å². The van der Waals surface area contributed by atoms with Crippen LogP contribution in [0.2, 0.25) is 0 Å². The fraction of sp³-hybridized carbons (Fsp3) is 0.231. The molecule has 1 amide bonds. The Morgan fingerprint density at radius 3 is 2.84 bits per heavy atom. The third-order valence-corrected chi connectivity index (χ3v) is 2.40. The number of carboxylic acid groups (broad SMARTS) is 1. The molecule has 19 heavy (non-hydrogen) atoms. The van der Waals surface area contributed by atoms with Crippen LogP contribution in [0.4, 0.5) is 10.1 Å². The number of quaternary nitrogens is 1. The van der Waals surface area contributed by atoms with E-state index in [1.54, 1.807) is 0 Å². The molecule has 0 aromatic heterocycles.